The van der Waals surface area contributed by atoms with E-state index < -0.39 is 0 Å². The molecule has 0 amide bonds. The number of hydrogen-bond acceptors (Lipinski definition) is 0. The van der Waals surface area contributed by atoms with Crippen molar-refractivity contribution in [3.8, 4) is 0 Å². The van der Waals surface area contributed by atoms with E-state index in [1.165, 1.54) is 5.30 Å². The SMILES string of the molecule is O.O.Pc1ccccc1.[H-].[H-].[K+].[K+]. The van der Waals surface area contributed by atoms with Gasteiger partial charge < -0.3 is 13.8 Å². The van der Waals surface area contributed by atoms with Gasteiger partial charge >= 0.3 is 103 Å². The molecule has 1 aromatic rings. The summed E-state index contributed by atoms with van der Waals surface area (Å²) in [5, 5.41) is 1.24. The Labute approximate surface area is 158 Å². The van der Waals surface area contributed by atoms with Gasteiger partial charge in [0.1, 0.15) is 0 Å². The summed E-state index contributed by atoms with van der Waals surface area (Å²) >= 11 is 0. The molecule has 0 saturated carbocycles. The van der Waals surface area contributed by atoms with Crippen molar-refractivity contribution in [2.45, 2.75) is 0 Å². The first-order valence-corrected chi connectivity index (χ1v) is 2.78. The van der Waals surface area contributed by atoms with Crippen molar-refractivity contribution >= 4 is 14.5 Å². The molecule has 0 aliphatic carbocycles. The largest absolute Gasteiger partial charge is 1.00 e. The predicted molar refractivity (Wildman–Crippen MR) is 45.2 cm³/mol. The Kier molecular flexibility index (Phi) is 32.8. The van der Waals surface area contributed by atoms with Crippen LogP contribution < -0.4 is 108 Å². The van der Waals surface area contributed by atoms with Crippen molar-refractivity contribution in [2.75, 3.05) is 0 Å². The Morgan fingerprint density at radius 3 is 1.45 bits per heavy atom. The number of hydrogen-bond donors (Lipinski definition) is 0. The van der Waals surface area contributed by atoms with Crippen LogP contribution >= 0.6 is 9.24 Å². The van der Waals surface area contributed by atoms with E-state index in [9.17, 15) is 0 Å². The Hall–Kier alpha value is 2.84. The molecule has 5 heteroatoms. The summed E-state index contributed by atoms with van der Waals surface area (Å²) < 4.78 is 0. The van der Waals surface area contributed by atoms with Gasteiger partial charge in [0.2, 0.25) is 0 Å². The zero-order valence-corrected chi connectivity index (χ0v) is 14.4. The van der Waals surface area contributed by atoms with Gasteiger partial charge in [-0.25, -0.2) is 0 Å². The van der Waals surface area contributed by atoms with Crippen LogP contribution in [-0.4, -0.2) is 11.0 Å². The van der Waals surface area contributed by atoms with Gasteiger partial charge in [-0.2, -0.15) is 0 Å². The Morgan fingerprint density at radius 2 is 1.27 bits per heavy atom. The summed E-state index contributed by atoms with van der Waals surface area (Å²) in [5.41, 5.74) is 0. The zero-order valence-electron chi connectivity index (χ0n) is 8.96. The molecule has 1 atom stereocenters. The van der Waals surface area contributed by atoms with Crippen LogP contribution in [0.25, 0.3) is 0 Å². The van der Waals surface area contributed by atoms with E-state index in [1.54, 1.807) is 0 Å². The summed E-state index contributed by atoms with van der Waals surface area (Å²) in [6.07, 6.45) is 0. The maximum Gasteiger partial charge on any atom is 1.00 e. The fourth-order valence-corrected chi connectivity index (χ4v) is 0.675. The first kappa shape index (κ1) is 23.6. The molecule has 0 aromatic heterocycles. The van der Waals surface area contributed by atoms with E-state index in [2.05, 4.69) is 9.24 Å². The van der Waals surface area contributed by atoms with Gasteiger partial charge in [0, 0.05) is 0 Å². The van der Waals surface area contributed by atoms with Gasteiger partial charge in [-0.15, -0.1) is 9.24 Å². The quantitative estimate of drug-likeness (QED) is 0.312. The molecule has 0 bridgehead atoms. The standard InChI is InChI=1S/C6H7P.2K.2H2O.2H/c7-6-4-2-1-3-5-6;;;;;;/h1-5H,7H2;;;2*1H2;;/q;2*+1;;;2*-1. The van der Waals surface area contributed by atoms with Crippen molar-refractivity contribution in [1.82, 2.24) is 0 Å². The predicted octanol–water partition coefficient (Wildman–Crippen LogP) is -6.23. The Bertz CT molecular complexity index is 157. The summed E-state index contributed by atoms with van der Waals surface area (Å²) in [4.78, 5) is 0. The maximum absolute atomic E-state index is 2.63. The second kappa shape index (κ2) is 15.3. The number of rotatable bonds is 0. The third-order valence-electron chi connectivity index (χ3n) is 0.800. The molecule has 1 aromatic carbocycles. The smallest absolute Gasteiger partial charge is 1.00 e. The van der Waals surface area contributed by atoms with Crippen LogP contribution in [0.2, 0.25) is 0 Å². The van der Waals surface area contributed by atoms with Gasteiger partial charge in [0.05, 0.1) is 0 Å². The third-order valence-corrected chi connectivity index (χ3v) is 1.18. The average molecular weight is 226 g/mol. The first-order chi connectivity index (χ1) is 3.39. The molecule has 56 valence electrons. The van der Waals surface area contributed by atoms with Crippen molar-refractivity contribution in [3.05, 3.63) is 30.3 Å². The molecule has 0 fully saturated rings. The molecular weight excluding hydrogens is 213 g/mol. The van der Waals surface area contributed by atoms with E-state index in [1.807, 2.05) is 30.3 Å². The van der Waals surface area contributed by atoms with E-state index in [0.717, 1.165) is 0 Å². The normalized spacial score (nSPS) is 5.55. The average Bonchev–Trinajstić information content (AvgIpc) is 1.69. The minimum atomic E-state index is 0. The summed E-state index contributed by atoms with van der Waals surface area (Å²) in [6.45, 7) is 0. The minimum Gasteiger partial charge on any atom is -1.00 e. The maximum atomic E-state index is 2.63. The molecule has 0 heterocycles. The fourth-order valence-electron chi connectivity index (χ4n) is 0.453. The first-order valence-electron chi connectivity index (χ1n) is 2.20. The third kappa shape index (κ3) is 12.8. The molecule has 0 saturated heterocycles. The van der Waals surface area contributed by atoms with Crippen LogP contribution in [0, 0.1) is 0 Å². The van der Waals surface area contributed by atoms with Gasteiger partial charge in [-0.3, -0.25) is 0 Å². The molecule has 0 aliphatic heterocycles. The minimum absolute atomic E-state index is 0. The second-order valence-electron chi connectivity index (χ2n) is 1.41. The van der Waals surface area contributed by atoms with Crippen LogP contribution in [0.5, 0.6) is 0 Å². The van der Waals surface area contributed by atoms with Crippen LogP contribution in [0.15, 0.2) is 30.3 Å². The van der Waals surface area contributed by atoms with Gasteiger partial charge in [-0.05, 0) is 5.30 Å². The van der Waals surface area contributed by atoms with Gasteiger partial charge in [-0.1, -0.05) is 30.3 Å². The Balaban J connectivity index is -0.0000000204. The van der Waals surface area contributed by atoms with E-state index in [0.29, 0.717) is 0 Å². The zero-order chi connectivity index (χ0) is 5.11. The van der Waals surface area contributed by atoms with Crippen molar-refractivity contribution in [3.63, 3.8) is 0 Å². The number of benzene rings is 1. The molecular formula is C6H13K2O2P. The van der Waals surface area contributed by atoms with E-state index in [-0.39, 0.29) is 117 Å². The summed E-state index contributed by atoms with van der Waals surface area (Å²) in [5.74, 6) is 0. The van der Waals surface area contributed by atoms with Gasteiger partial charge in [0.15, 0.2) is 0 Å². The Morgan fingerprint density at radius 1 is 0.909 bits per heavy atom. The molecule has 0 aliphatic rings. The molecule has 1 unspecified atom stereocenters. The fraction of sp³-hybridized carbons (Fsp3) is 0. The molecule has 0 radical (unpaired) electrons. The molecule has 1 rings (SSSR count). The van der Waals surface area contributed by atoms with Crippen molar-refractivity contribution in [1.29, 1.82) is 0 Å². The topological polar surface area (TPSA) is 63.0 Å². The molecule has 4 N–H and O–H groups in total. The van der Waals surface area contributed by atoms with E-state index in [4.69, 9.17) is 0 Å². The van der Waals surface area contributed by atoms with Crippen LogP contribution in [0.4, 0.5) is 0 Å². The second-order valence-corrected chi connectivity index (χ2v) is 2.08. The van der Waals surface area contributed by atoms with Crippen LogP contribution in [-0.2, 0) is 0 Å². The molecule has 0 spiro atoms. The van der Waals surface area contributed by atoms with Crippen LogP contribution in [0.3, 0.4) is 0 Å². The van der Waals surface area contributed by atoms with Crippen molar-refractivity contribution in [2.24, 2.45) is 0 Å². The monoisotopic (exact) mass is 226 g/mol. The summed E-state index contributed by atoms with van der Waals surface area (Å²) in [6, 6.07) is 10.1. The van der Waals surface area contributed by atoms with E-state index >= 15 is 0 Å². The van der Waals surface area contributed by atoms with Crippen LogP contribution in [0.1, 0.15) is 2.85 Å². The molecule has 11 heavy (non-hydrogen) atoms. The summed E-state index contributed by atoms with van der Waals surface area (Å²) in [7, 11) is 2.63. The molecule has 2 nitrogen and oxygen atoms in total. The van der Waals surface area contributed by atoms with Gasteiger partial charge in [0.25, 0.3) is 0 Å². The van der Waals surface area contributed by atoms with Crippen molar-refractivity contribution < 1.29 is 117 Å².